The van der Waals surface area contributed by atoms with Crippen LogP contribution in [-0.4, -0.2) is 4.98 Å². The SMILES string of the molecule is Cc1cnccc1CNCc1ccc(Cl)c(F)c1. The molecular weight excluding hydrogens is 251 g/mol. The van der Waals surface area contributed by atoms with Crippen molar-refractivity contribution in [3.05, 3.63) is 64.2 Å². The van der Waals surface area contributed by atoms with Gasteiger partial charge in [0, 0.05) is 25.5 Å². The van der Waals surface area contributed by atoms with Crippen LogP contribution in [0.25, 0.3) is 0 Å². The van der Waals surface area contributed by atoms with Crippen molar-refractivity contribution in [1.29, 1.82) is 0 Å². The van der Waals surface area contributed by atoms with Crippen LogP contribution >= 0.6 is 11.6 Å². The van der Waals surface area contributed by atoms with E-state index in [-0.39, 0.29) is 10.8 Å². The standard InChI is InChI=1S/C14H14ClFN2/c1-10-7-17-5-4-12(10)9-18-8-11-2-3-13(15)14(16)6-11/h2-7,18H,8-9H2,1H3. The lowest BCUT2D eigenvalue weighted by molar-refractivity contribution is 0.620. The van der Waals surface area contributed by atoms with Crippen molar-refractivity contribution in [3.63, 3.8) is 0 Å². The Morgan fingerprint density at radius 1 is 1.28 bits per heavy atom. The Kier molecular flexibility index (Phi) is 4.28. The fourth-order valence-corrected chi connectivity index (χ4v) is 1.81. The molecule has 0 aliphatic carbocycles. The third kappa shape index (κ3) is 3.28. The Hall–Kier alpha value is -1.45. The molecule has 0 unspecified atom stereocenters. The van der Waals surface area contributed by atoms with Crippen LogP contribution in [0.2, 0.25) is 5.02 Å². The van der Waals surface area contributed by atoms with Gasteiger partial charge in [0.05, 0.1) is 5.02 Å². The van der Waals surface area contributed by atoms with Crippen molar-refractivity contribution in [2.24, 2.45) is 0 Å². The van der Waals surface area contributed by atoms with Crippen molar-refractivity contribution in [1.82, 2.24) is 10.3 Å². The number of hydrogen-bond donors (Lipinski definition) is 1. The summed E-state index contributed by atoms with van der Waals surface area (Å²) in [7, 11) is 0. The summed E-state index contributed by atoms with van der Waals surface area (Å²) in [5.74, 6) is -0.379. The molecule has 0 aliphatic heterocycles. The quantitative estimate of drug-likeness (QED) is 0.915. The molecule has 0 atom stereocenters. The predicted octanol–water partition coefficient (Wildman–Crippen LogP) is 3.47. The average molecular weight is 265 g/mol. The number of pyridine rings is 1. The Bertz CT molecular complexity index is 543. The van der Waals surface area contributed by atoms with E-state index < -0.39 is 0 Å². The number of hydrogen-bond acceptors (Lipinski definition) is 2. The van der Waals surface area contributed by atoms with Crippen LogP contribution in [0, 0.1) is 12.7 Å². The normalized spacial score (nSPS) is 10.6. The minimum atomic E-state index is -0.379. The van der Waals surface area contributed by atoms with Crippen molar-refractivity contribution >= 4 is 11.6 Å². The van der Waals surface area contributed by atoms with Crippen LogP contribution in [0.5, 0.6) is 0 Å². The van der Waals surface area contributed by atoms with Gasteiger partial charge in [0.25, 0.3) is 0 Å². The van der Waals surface area contributed by atoms with E-state index >= 15 is 0 Å². The fraction of sp³-hybridized carbons (Fsp3) is 0.214. The fourth-order valence-electron chi connectivity index (χ4n) is 1.69. The van der Waals surface area contributed by atoms with Gasteiger partial charge in [-0.1, -0.05) is 17.7 Å². The highest BCUT2D eigenvalue weighted by atomic mass is 35.5. The van der Waals surface area contributed by atoms with E-state index in [2.05, 4.69) is 10.3 Å². The van der Waals surface area contributed by atoms with E-state index in [1.807, 2.05) is 25.3 Å². The molecule has 0 aliphatic rings. The topological polar surface area (TPSA) is 24.9 Å². The molecule has 0 spiro atoms. The van der Waals surface area contributed by atoms with Crippen LogP contribution < -0.4 is 5.32 Å². The lowest BCUT2D eigenvalue weighted by Gasteiger charge is -2.07. The van der Waals surface area contributed by atoms with Crippen LogP contribution in [0.1, 0.15) is 16.7 Å². The highest BCUT2D eigenvalue weighted by Gasteiger charge is 2.01. The van der Waals surface area contributed by atoms with Gasteiger partial charge in [-0.05, 0) is 41.8 Å². The molecule has 18 heavy (non-hydrogen) atoms. The van der Waals surface area contributed by atoms with Gasteiger partial charge >= 0.3 is 0 Å². The van der Waals surface area contributed by atoms with E-state index in [9.17, 15) is 4.39 Å². The van der Waals surface area contributed by atoms with Crippen molar-refractivity contribution < 1.29 is 4.39 Å². The zero-order valence-electron chi connectivity index (χ0n) is 10.1. The molecule has 2 aromatic rings. The lowest BCUT2D eigenvalue weighted by Crippen LogP contribution is -2.13. The Morgan fingerprint density at radius 3 is 2.83 bits per heavy atom. The molecule has 0 saturated heterocycles. The molecule has 0 fully saturated rings. The first-order chi connectivity index (χ1) is 8.66. The summed E-state index contributed by atoms with van der Waals surface area (Å²) in [5.41, 5.74) is 3.22. The van der Waals surface area contributed by atoms with Crippen LogP contribution in [0.15, 0.2) is 36.7 Å². The minimum Gasteiger partial charge on any atom is -0.309 e. The minimum absolute atomic E-state index is 0.156. The number of nitrogens with zero attached hydrogens (tertiary/aromatic N) is 1. The first-order valence-electron chi connectivity index (χ1n) is 5.71. The van der Waals surface area contributed by atoms with Gasteiger partial charge in [0.2, 0.25) is 0 Å². The van der Waals surface area contributed by atoms with Crippen molar-refractivity contribution in [3.8, 4) is 0 Å². The Balaban J connectivity index is 1.92. The second-order valence-electron chi connectivity index (χ2n) is 4.15. The van der Waals surface area contributed by atoms with Crippen molar-refractivity contribution in [2.45, 2.75) is 20.0 Å². The second-order valence-corrected chi connectivity index (χ2v) is 4.56. The first kappa shape index (κ1) is 13.0. The molecule has 94 valence electrons. The Labute approximate surface area is 111 Å². The zero-order chi connectivity index (χ0) is 13.0. The van der Waals surface area contributed by atoms with Gasteiger partial charge in [-0.25, -0.2) is 4.39 Å². The molecule has 1 aromatic heterocycles. The monoisotopic (exact) mass is 264 g/mol. The van der Waals surface area contributed by atoms with Crippen LogP contribution in [0.4, 0.5) is 4.39 Å². The lowest BCUT2D eigenvalue weighted by atomic mass is 10.1. The van der Waals surface area contributed by atoms with E-state index in [4.69, 9.17) is 11.6 Å². The van der Waals surface area contributed by atoms with Gasteiger partial charge < -0.3 is 5.32 Å². The molecular formula is C14H14ClFN2. The number of aromatic nitrogens is 1. The van der Waals surface area contributed by atoms with E-state index in [1.165, 1.54) is 11.6 Å². The highest BCUT2D eigenvalue weighted by molar-refractivity contribution is 6.30. The van der Waals surface area contributed by atoms with Crippen molar-refractivity contribution in [2.75, 3.05) is 0 Å². The summed E-state index contributed by atoms with van der Waals surface area (Å²) < 4.78 is 13.2. The summed E-state index contributed by atoms with van der Waals surface area (Å²) in [6, 6.07) is 6.82. The van der Waals surface area contributed by atoms with E-state index in [0.29, 0.717) is 6.54 Å². The maximum Gasteiger partial charge on any atom is 0.142 e. The summed E-state index contributed by atoms with van der Waals surface area (Å²) in [4.78, 5) is 4.04. The summed E-state index contributed by atoms with van der Waals surface area (Å²) >= 11 is 5.63. The number of rotatable bonds is 4. The van der Waals surface area contributed by atoms with Gasteiger partial charge in [0.1, 0.15) is 5.82 Å². The first-order valence-corrected chi connectivity index (χ1v) is 6.09. The third-order valence-corrected chi connectivity index (χ3v) is 3.07. The average Bonchev–Trinajstić information content (AvgIpc) is 2.36. The largest absolute Gasteiger partial charge is 0.309 e. The van der Waals surface area contributed by atoms with Gasteiger partial charge in [-0.15, -0.1) is 0 Å². The molecule has 4 heteroatoms. The van der Waals surface area contributed by atoms with E-state index in [0.717, 1.165) is 17.7 Å². The molecule has 1 aromatic carbocycles. The summed E-state index contributed by atoms with van der Waals surface area (Å²) in [6.07, 6.45) is 3.60. The van der Waals surface area contributed by atoms with Crippen LogP contribution in [0.3, 0.4) is 0 Å². The second kappa shape index (κ2) is 5.94. The Morgan fingerprint density at radius 2 is 2.11 bits per heavy atom. The molecule has 1 N–H and O–H groups in total. The molecule has 2 rings (SSSR count). The van der Waals surface area contributed by atoms with Gasteiger partial charge in [-0.3, -0.25) is 4.98 Å². The number of benzene rings is 1. The predicted molar refractivity (Wildman–Crippen MR) is 70.9 cm³/mol. The smallest absolute Gasteiger partial charge is 0.142 e. The summed E-state index contributed by atoms with van der Waals surface area (Å²) in [5, 5.41) is 3.42. The maximum absolute atomic E-state index is 13.2. The highest BCUT2D eigenvalue weighted by Crippen LogP contribution is 2.15. The maximum atomic E-state index is 13.2. The molecule has 1 heterocycles. The van der Waals surface area contributed by atoms with E-state index in [1.54, 1.807) is 12.3 Å². The number of nitrogens with one attached hydrogen (secondary N) is 1. The number of aryl methyl sites for hydroxylation is 1. The number of halogens is 2. The van der Waals surface area contributed by atoms with Gasteiger partial charge in [0.15, 0.2) is 0 Å². The zero-order valence-corrected chi connectivity index (χ0v) is 10.8. The van der Waals surface area contributed by atoms with Crippen LogP contribution in [-0.2, 0) is 13.1 Å². The molecule has 0 radical (unpaired) electrons. The molecule has 0 amide bonds. The summed E-state index contributed by atoms with van der Waals surface area (Å²) in [6.45, 7) is 3.36. The third-order valence-electron chi connectivity index (χ3n) is 2.77. The molecule has 0 bridgehead atoms. The van der Waals surface area contributed by atoms with Gasteiger partial charge in [-0.2, -0.15) is 0 Å². The molecule has 0 saturated carbocycles. The molecule has 2 nitrogen and oxygen atoms in total.